The molecule has 0 bridgehead atoms. The first-order valence-corrected chi connectivity index (χ1v) is 10.6. The summed E-state index contributed by atoms with van der Waals surface area (Å²) in [6.45, 7) is 5.94. The highest BCUT2D eigenvalue weighted by Crippen LogP contribution is 2.41. The van der Waals surface area contributed by atoms with E-state index in [1.807, 2.05) is 0 Å². The molecule has 0 aliphatic heterocycles. The number of anilines is 2. The van der Waals surface area contributed by atoms with Crippen molar-refractivity contribution < 1.29 is 28.1 Å². The second-order valence-electron chi connectivity index (χ2n) is 7.53. The van der Waals surface area contributed by atoms with Crippen molar-refractivity contribution in [2.75, 3.05) is 11.9 Å². The largest absolute Gasteiger partial charge is 0.573 e. The van der Waals surface area contributed by atoms with Gasteiger partial charge in [-0.25, -0.2) is 4.98 Å². The van der Waals surface area contributed by atoms with Gasteiger partial charge in [0.05, 0.1) is 6.61 Å². The molecule has 0 amide bonds. The SMILES string of the molecule is CCCC(c1c(C(O)CO)ccnc1Nc1ccc(OC(F)(F)F)cc1)C(CC)CC. The summed E-state index contributed by atoms with van der Waals surface area (Å²) in [5.41, 5.74) is 2.00. The summed E-state index contributed by atoms with van der Waals surface area (Å²) >= 11 is 0. The average molecular weight is 441 g/mol. The van der Waals surface area contributed by atoms with Gasteiger partial charge in [0.25, 0.3) is 0 Å². The van der Waals surface area contributed by atoms with Crippen LogP contribution in [0.2, 0.25) is 0 Å². The zero-order valence-electron chi connectivity index (χ0n) is 18.1. The molecule has 8 heteroatoms. The van der Waals surface area contributed by atoms with Crippen LogP contribution in [0.1, 0.15) is 69.6 Å². The zero-order chi connectivity index (χ0) is 23.0. The number of hydrogen-bond acceptors (Lipinski definition) is 5. The third kappa shape index (κ3) is 6.83. The van der Waals surface area contributed by atoms with Crippen LogP contribution in [0.5, 0.6) is 5.75 Å². The van der Waals surface area contributed by atoms with Gasteiger partial charge in [0.15, 0.2) is 0 Å². The standard InChI is InChI=1S/C23H31F3N2O3/c1-4-7-18(15(5-2)6-3)21-19(20(30)14-29)12-13-27-22(21)28-16-8-10-17(11-9-16)31-23(24,25)26/h8-13,15,18,20,29-30H,4-7,14H2,1-3H3,(H,27,28). The Bertz CT molecular complexity index is 809. The van der Waals surface area contributed by atoms with Crippen molar-refractivity contribution in [3.63, 3.8) is 0 Å². The first-order chi connectivity index (χ1) is 14.7. The second kappa shape index (κ2) is 11.3. The molecule has 1 aromatic carbocycles. The van der Waals surface area contributed by atoms with Crippen molar-refractivity contribution in [3.05, 3.63) is 47.7 Å². The molecule has 172 valence electrons. The van der Waals surface area contributed by atoms with Gasteiger partial charge in [0.2, 0.25) is 0 Å². The van der Waals surface area contributed by atoms with Crippen LogP contribution in [-0.2, 0) is 0 Å². The van der Waals surface area contributed by atoms with E-state index in [0.29, 0.717) is 23.0 Å². The normalized spacial score (nSPS) is 13.8. The molecule has 0 radical (unpaired) electrons. The summed E-state index contributed by atoms with van der Waals surface area (Å²) in [5.74, 6) is 0.688. The van der Waals surface area contributed by atoms with Gasteiger partial charge in [-0.1, -0.05) is 40.0 Å². The zero-order valence-corrected chi connectivity index (χ0v) is 18.1. The number of aliphatic hydroxyl groups is 2. The van der Waals surface area contributed by atoms with E-state index in [9.17, 15) is 23.4 Å². The average Bonchev–Trinajstić information content (AvgIpc) is 2.73. The van der Waals surface area contributed by atoms with Crippen LogP contribution in [0.4, 0.5) is 24.7 Å². The highest BCUT2D eigenvalue weighted by Gasteiger charge is 2.31. The van der Waals surface area contributed by atoms with Crippen molar-refractivity contribution in [2.24, 2.45) is 5.92 Å². The Morgan fingerprint density at radius 1 is 1.06 bits per heavy atom. The molecule has 0 aliphatic rings. The van der Waals surface area contributed by atoms with Gasteiger partial charge < -0.3 is 20.3 Å². The molecule has 3 N–H and O–H groups in total. The fourth-order valence-electron chi connectivity index (χ4n) is 4.03. The molecule has 2 rings (SSSR count). The Morgan fingerprint density at radius 3 is 2.23 bits per heavy atom. The molecule has 0 aliphatic carbocycles. The molecule has 2 unspecified atom stereocenters. The monoisotopic (exact) mass is 440 g/mol. The minimum atomic E-state index is -4.75. The maximum Gasteiger partial charge on any atom is 0.573 e. The van der Waals surface area contributed by atoms with Crippen LogP contribution in [0, 0.1) is 5.92 Å². The molecule has 31 heavy (non-hydrogen) atoms. The molecule has 1 aromatic heterocycles. The van der Waals surface area contributed by atoms with E-state index in [1.165, 1.54) is 24.3 Å². The first-order valence-electron chi connectivity index (χ1n) is 10.6. The number of benzene rings is 1. The number of nitrogens with one attached hydrogen (secondary N) is 1. The fourth-order valence-corrected chi connectivity index (χ4v) is 4.03. The molecule has 0 saturated carbocycles. The quantitative estimate of drug-likeness (QED) is 0.395. The van der Waals surface area contributed by atoms with Crippen molar-refractivity contribution in [1.82, 2.24) is 4.98 Å². The molecule has 0 spiro atoms. The van der Waals surface area contributed by atoms with Gasteiger partial charge in [-0.15, -0.1) is 13.2 Å². The topological polar surface area (TPSA) is 74.6 Å². The fraction of sp³-hybridized carbons (Fsp3) is 0.522. The minimum absolute atomic E-state index is 0.111. The van der Waals surface area contributed by atoms with E-state index < -0.39 is 19.1 Å². The Labute approximate surface area is 181 Å². The Kier molecular flexibility index (Phi) is 9.13. The Balaban J connectivity index is 2.47. The molecule has 2 atom stereocenters. The molecule has 0 fully saturated rings. The maximum atomic E-state index is 12.4. The number of pyridine rings is 1. The molecule has 5 nitrogen and oxygen atoms in total. The highest BCUT2D eigenvalue weighted by molar-refractivity contribution is 5.62. The Morgan fingerprint density at radius 2 is 1.71 bits per heavy atom. The number of rotatable bonds is 11. The lowest BCUT2D eigenvalue weighted by atomic mass is 9.77. The van der Waals surface area contributed by atoms with Crippen LogP contribution >= 0.6 is 0 Å². The number of hydrogen-bond donors (Lipinski definition) is 3. The summed E-state index contributed by atoms with van der Waals surface area (Å²) in [6.07, 6.45) is -0.515. The molecule has 0 saturated heterocycles. The van der Waals surface area contributed by atoms with Gasteiger partial charge >= 0.3 is 6.36 Å². The summed E-state index contributed by atoms with van der Waals surface area (Å²) in [6, 6.07) is 7.13. The summed E-state index contributed by atoms with van der Waals surface area (Å²) in [7, 11) is 0. The van der Waals surface area contributed by atoms with Gasteiger partial charge in [-0.2, -0.15) is 0 Å². The van der Waals surface area contributed by atoms with Crippen molar-refractivity contribution >= 4 is 11.5 Å². The van der Waals surface area contributed by atoms with Crippen LogP contribution in [0.25, 0.3) is 0 Å². The number of ether oxygens (including phenoxy) is 1. The molecule has 2 aromatic rings. The van der Waals surface area contributed by atoms with E-state index in [1.54, 1.807) is 12.3 Å². The lowest BCUT2D eigenvalue weighted by molar-refractivity contribution is -0.274. The van der Waals surface area contributed by atoms with Crippen LogP contribution in [0.15, 0.2) is 36.5 Å². The van der Waals surface area contributed by atoms with Gasteiger partial charge in [-0.3, -0.25) is 0 Å². The second-order valence-corrected chi connectivity index (χ2v) is 7.53. The third-order valence-electron chi connectivity index (χ3n) is 5.49. The van der Waals surface area contributed by atoms with Crippen LogP contribution < -0.4 is 10.1 Å². The van der Waals surface area contributed by atoms with E-state index in [4.69, 9.17) is 0 Å². The van der Waals surface area contributed by atoms with Crippen LogP contribution in [-0.4, -0.2) is 28.2 Å². The molecule has 1 heterocycles. The van der Waals surface area contributed by atoms with Crippen LogP contribution in [0.3, 0.4) is 0 Å². The predicted octanol–water partition coefficient (Wildman–Crippen LogP) is 6.07. The predicted molar refractivity (Wildman–Crippen MR) is 114 cm³/mol. The summed E-state index contributed by atoms with van der Waals surface area (Å²) < 4.78 is 41.1. The lowest BCUT2D eigenvalue weighted by Gasteiger charge is -2.30. The van der Waals surface area contributed by atoms with E-state index >= 15 is 0 Å². The van der Waals surface area contributed by atoms with E-state index in [-0.39, 0.29) is 11.7 Å². The smallest absolute Gasteiger partial charge is 0.406 e. The van der Waals surface area contributed by atoms with Gasteiger partial charge in [0.1, 0.15) is 17.7 Å². The summed E-state index contributed by atoms with van der Waals surface area (Å²) in [4.78, 5) is 4.47. The number of aromatic nitrogens is 1. The first kappa shape index (κ1) is 24.9. The van der Waals surface area contributed by atoms with Gasteiger partial charge in [0, 0.05) is 17.4 Å². The number of nitrogens with zero attached hydrogens (tertiary/aromatic N) is 1. The lowest BCUT2D eigenvalue weighted by Crippen LogP contribution is -2.19. The van der Waals surface area contributed by atoms with Crippen molar-refractivity contribution in [2.45, 2.75) is 64.8 Å². The van der Waals surface area contributed by atoms with Gasteiger partial charge in [-0.05, 0) is 54.2 Å². The van der Waals surface area contributed by atoms with E-state index in [0.717, 1.165) is 31.2 Å². The molecular weight excluding hydrogens is 409 g/mol. The minimum Gasteiger partial charge on any atom is -0.406 e. The number of halogens is 3. The summed E-state index contributed by atoms with van der Waals surface area (Å²) in [5, 5.41) is 23.2. The third-order valence-corrected chi connectivity index (χ3v) is 5.49. The maximum absolute atomic E-state index is 12.4. The highest BCUT2D eigenvalue weighted by atomic mass is 19.4. The van der Waals surface area contributed by atoms with E-state index in [2.05, 4.69) is 35.8 Å². The number of aliphatic hydroxyl groups excluding tert-OH is 2. The van der Waals surface area contributed by atoms with Crippen molar-refractivity contribution in [3.8, 4) is 5.75 Å². The van der Waals surface area contributed by atoms with Crippen molar-refractivity contribution in [1.29, 1.82) is 0 Å². The number of alkyl halides is 3. The Hall–Kier alpha value is -2.32. The molecular formula is C23H31F3N2O3.